The Labute approximate surface area is 162 Å². The van der Waals surface area contributed by atoms with E-state index < -0.39 is 5.97 Å². The number of anilines is 2. The van der Waals surface area contributed by atoms with Gasteiger partial charge in [0.1, 0.15) is 17.7 Å². The Morgan fingerprint density at radius 2 is 1.68 bits per heavy atom. The van der Waals surface area contributed by atoms with Gasteiger partial charge in [0.2, 0.25) is 0 Å². The first kappa shape index (κ1) is 18.1. The normalized spacial score (nSPS) is 14.7. The number of fused-ring (bicyclic) bond motifs is 1. The van der Waals surface area contributed by atoms with E-state index in [1.807, 2.05) is 27.8 Å². The molecule has 9 nitrogen and oxygen atoms in total. The molecule has 0 aliphatic carbocycles. The molecule has 0 spiro atoms. The van der Waals surface area contributed by atoms with Crippen LogP contribution < -0.4 is 9.80 Å². The summed E-state index contributed by atoms with van der Waals surface area (Å²) in [6.45, 7) is 8.79. The number of rotatable bonds is 3. The number of aromatic nitrogens is 5. The van der Waals surface area contributed by atoms with Crippen molar-refractivity contribution in [1.29, 1.82) is 0 Å². The number of aromatic carboxylic acids is 1. The summed E-state index contributed by atoms with van der Waals surface area (Å²) < 4.78 is 1.70. The standard InChI is InChI=1S/C19H23N7O2/c1-11-12(2)21-10-22-17(11)26-7-5-25(6-8-26)16-14(19(27)28)9-20-18-15(16)13(3)23-24(18)4/h9-10H,5-8H2,1-4H3,(H,27,28). The van der Waals surface area contributed by atoms with E-state index >= 15 is 0 Å². The van der Waals surface area contributed by atoms with Crippen LogP contribution in [0.4, 0.5) is 11.5 Å². The largest absolute Gasteiger partial charge is 0.478 e. The molecule has 4 rings (SSSR count). The lowest BCUT2D eigenvalue weighted by Gasteiger charge is -2.38. The highest BCUT2D eigenvalue weighted by atomic mass is 16.4. The molecule has 1 aliphatic rings. The van der Waals surface area contributed by atoms with E-state index in [1.54, 1.807) is 11.0 Å². The van der Waals surface area contributed by atoms with E-state index in [9.17, 15) is 9.90 Å². The molecule has 0 bridgehead atoms. The molecule has 1 saturated heterocycles. The molecule has 0 saturated carbocycles. The van der Waals surface area contributed by atoms with Gasteiger partial charge in [-0.15, -0.1) is 0 Å². The third kappa shape index (κ3) is 2.83. The van der Waals surface area contributed by atoms with Crippen LogP contribution in [0.5, 0.6) is 0 Å². The highest BCUT2D eigenvalue weighted by Crippen LogP contribution is 2.33. The second-order valence-electron chi connectivity index (χ2n) is 7.12. The SMILES string of the molecule is Cc1ncnc(N2CCN(c3c(C(=O)O)cnc4c3c(C)nn4C)CC2)c1C. The number of carbonyl (C=O) groups is 1. The van der Waals surface area contributed by atoms with Gasteiger partial charge in [-0.1, -0.05) is 0 Å². The van der Waals surface area contributed by atoms with Gasteiger partial charge >= 0.3 is 5.97 Å². The predicted octanol–water partition coefficient (Wildman–Crippen LogP) is 1.71. The number of nitrogens with zero attached hydrogens (tertiary/aromatic N) is 7. The molecule has 0 atom stereocenters. The summed E-state index contributed by atoms with van der Waals surface area (Å²) in [7, 11) is 1.82. The summed E-state index contributed by atoms with van der Waals surface area (Å²) in [5.41, 5.74) is 4.46. The summed E-state index contributed by atoms with van der Waals surface area (Å²) in [6.07, 6.45) is 3.03. The Kier molecular flexibility index (Phi) is 4.37. The van der Waals surface area contributed by atoms with Crippen LogP contribution in [-0.2, 0) is 7.05 Å². The van der Waals surface area contributed by atoms with Crippen molar-refractivity contribution in [1.82, 2.24) is 24.7 Å². The maximum absolute atomic E-state index is 11.9. The van der Waals surface area contributed by atoms with Crippen LogP contribution in [0.1, 0.15) is 27.3 Å². The Morgan fingerprint density at radius 1 is 1.00 bits per heavy atom. The third-order valence-corrected chi connectivity index (χ3v) is 5.44. The smallest absolute Gasteiger partial charge is 0.339 e. The second kappa shape index (κ2) is 6.74. The quantitative estimate of drug-likeness (QED) is 0.732. The van der Waals surface area contributed by atoms with Crippen molar-refractivity contribution in [2.24, 2.45) is 7.05 Å². The predicted molar refractivity (Wildman–Crippen MR) is 106 cm³/mol. The highest BCUT2D eigenvalue weighted by Gasteiger charge is 2.27. The molecule has 1 aliphatic heterocycles. The van der Waals surface area contributed by atoms with Gasteiger partial charge in [-0.05, 0) is 20.8 Å². The van der Waals surface area contributed by atoms with Crippen molar-refractivity contribution in [2.45, 2.75) is 20.8 Å². The van der Waals surface area contributed by atoms with E-state index in [1.165, 1.54) is 6.20 Å². The number of carboxylic acids is 1. The Balaban J connectivity index is 1.70. The lowest BCUT2D eigenvalue weighted by atomic mass is 10.1. The summed E-state index contributed by atoms with van der Waals surface area (Å²) in [5, 5.41) is 15.0. The minimum Gasteiger partial charge on any atom is -0.478 e. The van der Waals surface area contributed by atoms with Gasteiger partial charge in [-0.25, -0.2) is 19.7 Å². The second-order valence-corrected chi connectivity index (χ2v) is 7.12. The fraction of sp³-hybridized carbons (Fsp3) is 0.421. The van der Waals surface area contributed by atoms with E-state index in [0.29, 0.717) is 24.4 Å². The molecule has 3 aromatic rings. The first-order chi connectivity index (χ1) is 13.4. The fourth-order valence-corrected chi connectivity index (χ4v) is 3.86. The van der Waals surface area contributed by atoms with E-state index in [0.717, 1.165) is 41.2 Å². The van der Waals surface area contributed by atoms with Crippen molar-refractivity contribution in [2.75, 3.05) is 36.0 Å². The minimum absolute atomic E-state index is 0.214. The number of carboxylic acid groups (broad SMARTS) is 1. The van der Waals surface area contributed by atoms with Gasteiger partial charge in [0.05, 0.1) is 16.8 Å². The third-order valence-electron chi connectivity index (χ3n) is 5.44. The van der Waals surface area contributed by atoms with Crippen molar-refractivity contribution >= 4 is 28.5 Å². The molecule has 0 aromatic carbocycles. The van der Waals surface area contributed by atoms with E-state index in [-0.39, 0.29) is 5.56 Å². The van der Waals surface area contributed by atoms with Crippen molar-refractivity contribution in [3.63, 3.8) is 0 Å². The zero-order valence-corrected chi connectivity index (χ0v) is 16.5. The highest BCUT2D eigenvalue weighted by molar-refractivity contribution is 6.04. The lowest BCUT2D eigenvalue weighted by molar-refractivity contribution is 0.0697. The number of pyridine rings is 1. The first-order valence-electron chi connectivity index (χ1n) is 9.22. The average Bonchev–Trinajstić information content (AvgIpc) is 2.97. The molecule has 4 heterocycles. The minimum atomic E-state index is -0.975. The molecule has 3 aromatic heterocycles. The first-order valence-corrected chi connectivity index (χ1v) is 9.22. The van der Waals surface area contributed by atoms with Crippen molar-refractivity contribution in [3.8, 4) is 0 Å². The summed E-state index contributed by atoms with van der Waals surface area (Å²) in [5.74, 6) is -0.0274. The molecule has 1 fully saturated rings. The number of aryl methyl sites for hydroxylation is 3. The van der Waals surface area contributed by atoms with Crippen molar-refractivity contribution in [3.05, 3.63) is 35.0 Å². The molecule has 1 N–H and O–H groups in total. The number of piperazine rings is 1. The molecular formula is C19H23N7O2. The van der Waals surface area contributed by atoms with Gasteiger partial charge in [-0.3, -0.25) is 4.68 Å². The molecule has 0 radical (unpaired) electrons. The van der Waals surface area contributed by atoms with E-state index in [4.69, 9.17) is 0 Å². The number of hydrogen-bond donors (Lipinski definition) is 1. The molecule has 28 heavy (non-hydrogen) atoms. The van der Waals surface area contributed by atoms with Crippen LogP contribution in [0.3, 0.4) is 0 Å². The van der Waals surface area contributed by atoms with Gasteiger partial charge < -0.3 is 14.9 Å². The van der Waals surface area contributed by atoms with Gasteiger partial charge in [-0.2, -0.15) is 5.10 Å². The van der Waals surface area contributed by atoms with Crippen LogP contribution in [0, 0.1) is 20.8 Å². The molecule has 9 heteroatoms. The summed E-state index contributed by atoms with van der Waals surface area (Å²) >= 11 is 0. The lowest BCUT2D eigenvalue weighted by Crippen LogP contribution is -2.47. The van der Waals surface area contributed by atoms with Crippen molar-refractivity contribution < 1.29 is 9.90 Å². The van der Waals surface area contributed by atoms with Crippen LogP contribution in [0.15, 0.2) is 12.5 Å². The van der Waals surface area contributed by atoms with Crippen LogP contribution in [0.2, 0.25) is 0 Å². The zero-order valence-electron chi connectivity index (χ0n) is 16.5. The van der Waals surface area contributed by atoms with Crippen LogP contribution in [0.25, 0.3) is 11.0 Å². The Morgan fingerprint density at radius 3 is 2.36 bits per heavy atom. The van der Waals surface area contributed by atoms with Gasteiger partial charge in [0.15, 0.2) is 5.65 Å². The van der Waals surface area contributed by atoms with Crippen LogP contribution >= 0.6 is 0 Å². The molecule has 0 unspecified atom stereocenters. The maximum Gasteiger partial charge on any atom is 0.339 e. The van der Waals surface area contributed by atoms with Crippen LogP contribution in [-0.4, -0.2) is 62.0 Å². The zero-order chi connectivity index (χ0) is 20.0. The Hall–Kier alpha value is -3.23. The fourth-order valence-electron chi connectivity index (χ4n) is 3.86. The van der Waals surface area contributed by atoms with Gasteiger partial charge in [0.25, 0.3) is 0 Å². The number of hydrogen-bond acceptors (Lipinski definition) is 7. The molecule has 0 amide bonds. The monoisotopic (exact) mass is 381 g/mol. The molecule has 146 valence electrons. The summed E-state index contributed by atoms with van der Waals surface area (Å²) in [6, 6.07) is 0. The Bertz CT molecular complexity index is 1070. The molecular weight excluding hydrogens is 358 g/mol. The summed E-state index contributed by atoms with van der Waals surface area (Å²) in [4.78, 5) is 29.3. The van der Waals surface area contributed by atoms with Gasteiger partial charge in [0, 0.05) is 50.7 Å². The topological polar surface area (TPSA) is 100 Å². The average molecular weight is 381 g/mol. The maximum atomic E-state index is 11.9. The van der Waals surface area contributed by atoms with E-state index in [2.05, 4.69) is 29.9 Å².